The largest absolute Gasteiger partial charge is 0.366 e. The van der Waals surface area contributed by atoms with Crippen molar-refractivity contribution in [3.05, 3.63) is 48.3 Å². The normalized spacial score (nSPS) is 11.2. The van der Waals surface area contributed by atoms with Gasteiger partial charge in [0.2, 0.25) is 5.91 Å². The molecular formula is C15H10N4O2. The molecular weight excluding hydrogens is 268 g/mol. The van der Waals surface area contributed by atoms with Gasteiger partial charge in [0, 0.05) is 28.9 Å². The third-order valence-corrected chi connectivity index (χ3v) is 3.44. The molecule has 1 aromatic carbocycles. The van der Waals surface area contributed by atoms with E-state index in [9.17, 15) is 4.79 Å². The highest BCUT2D eigenvalue weighted by Crippen LogP contribution is 2.28. The lowest BCUT2D eigenvalue weighted by Gasteiger charge is -1.97. The molecule has 0 saturated heterocycles. The van der Waals surface area contributed by atoms with Crippen LogP contribution in [0, 0.1) is 0 Å². The molecule has 102 valence electrons. The molecule has 4 rings (SSSR count). The number of nitrogens with one attached hydrogen (secondary N) is 1. The lowest BCUT2D eigenvalue weighted by atomic mass is 10.1. The molecule has 0 unspecified atom stereocenters. The Morgan fingerprint density at radius 2 is 2.14 bits per heavy atom. The highest BCUT2D eigenvalue weighted by atomic mass is 16.5. The Morgan fingerprint density at radius 3 is 3.00 bits per heavy atom. The summed E-state index contributed by atoms with van der Waals surface area (Å²) in [4.78, 5) is 18.7. The van der Waals surface area contributed by atoms with Crippen LogP contribution in [0.4, 0.5) is 0 Å². The number of hydrogen-bond acceptors (Lipinski definition) is 4. The van der Waals surface area contributed by atoms with Gasteiger partial charge in [-0.25, -0.2) is 0 Å². The molecule has 0 aliphatic carbocycles. The number of pyridine rings is 1. The van der Waals surface area contributed by atoms with Gasteiger partial charge in [0.25, 0.3) is 0 Å². The van der Waals surface area contributed by atoms with Gasteiger partial charge in [-0.1, -0.05) is 5.16 Å². The zero-order chi connectivity index (χ0) is 14.4. The second kappa shape index (κ2) is 4.17. The molecule has 0 saturated carbocycles. The Labute approximate surface area is 118 Å². The number of H-pyrrole nitrogens is 1. The van der Waals surface area contributed by atoms with Crippen molar-refractivity contribution in [3.8, 4) is 11.4 Å². The van der Waals surface area contributed by atoms with E-state index < -0.39 is 5.91 Å². The van der Waals surface area contributed by atoms with Crippen molar-refractivity contribution >= 4 is 27.8 Å². The molecule has 3 heterocycles. The van der Waals surface area contributed by atoms with Crippen LogP contribution in [-0.2, 0) is 0 Å². The van der Waals surface area contributed by atoms with Gasteiger partial charge < -0.3 is 15.2 Å². The summed E-state index contributed by atoms with van der Waals surface area (Å²) in [6, 6.07) is 8.86. The highest BCUT2D eigenvalue weighted by Gasteiger charge is 2.14. The number of amides is 1. The van der Waals surface area contributed by atoms with Crippen LogP contribution >= 0.6 is 0 Å². The topological polar surface area (TPSA) is 97.8 Å². The van der Waals surface area contributed by atoms with Crippen LogP contribution in [0.3, 0.4) is 0 Å². The van der Waals surface area contributed by atoms with Crippen molar-refractivity contribution in [1.29, 1.82) is 0 Å². The number of carbonyl (C=O) groups excluding carboxylic acids is 1. The number of aromatic amines is 1. The molecule has 0 radical (unpaired) electrons. The van der Waals surface area contributed by atoms with Crippen LogP contribution in [0.2, 0.25) is 0 Å². The Morgan fingerprint density at radius 1 is 1.24 bits per heavy atom. The maximum Gasteiger partial charge on any atom is 0.248 e. The Balaban J connectivity index is 1.91. The minimum atomic E-state index is -0.499. The first kappa shape index (κ1) is 11.7. The number of benzene rings is 1. The second-order valence-corrected chi connectivity index (χ2v) is 4.74. The number of aromatic nitrogens is 3. The third-order valence-electron chi connectivity index (χ3n) is 3.44. The molecule has 0 aliphatic heterocycles. The molecule has 6 heteroatoms. The average molecular weight is 278 g/mol. The zero-order valence-electron chi connectivity index (χ0n) is 10.8. The number of rotatable bonds is 2. The van der Waals surface area contributed by atoms with Crippen LogP contribution in [-0.4, -0.2) is 21.0 Å². The minimum absolute atomic E-state index is 0.387. The summed E-state index contributed by atoms with van der Waals surface area (Å²) in [5.74, 6) is -0.499. The zero-order valence-corrected chi connectivity index (χ0v) is 10.8. The molecule has 4 aromatic rings. The van der Waals surface area contributed by atoms with E-state index in [0.29, 0.717) is 22.5 Å². The Kier molecular flexibility index (Phi) is 2.32. The summed E-state index contributed by atoms with van der Waals surface area (Å²) < 4.78 is 5.28. The van der Waals surface area contributed by atoms with E-state index in [-0.39, 0.29) is 0 Å². The average Bonchev–Trinajstić information content (AvgIpc) is 3.12. The van der Waals surface area contributed by atoms with Gasteiger partial charge in [0.15, 0.2) is 5.58 Å². The van der Waals surface area contributed by atoms with E-state index >= 15 is 0 Å². The van der Waals surface area contributed by atoms with Gasteiger partial charge in [0.1, 0.15) is 5.69 Å². The predicted octanol–water partition coefficient (Wildman–Crippen LogP) is 2.47. The molecule has 3 N–H and O–H groups in total. The molecule has 1 amide bonds. The van der Waals surface area contributed by atoms with Crippen LogP contribution in [0.15, 0.2) is 47.2 Å². The summed E-state index contributed by atoms with van der Waals surface area (Å²) in [6.45, 7) is 0. The van der Waals surface area contributed by atoms with E-state index in [1.54, 1.807) is 24.4 Å². The number of primary amides is 1. The third kappa shape index (κ3) is 1.77. The van der Waals surface area contributed by atoms with Crippen molar-refractivity contribution in [2.24, 2.45) is 5.73 Å². The van der Waals surface area contributed by atoms with E-state index in [4.69, 9.17) is 10.3 Å². The van der Waals surface area contributed by atoms with Crippen molar-refractivity contribution in [2.75, 3.05) is 0 Å². The maximum absolute atomic E-state index is 11.2. The standard InChI is InChI=1S/C15H10N4O2/c16-15(20)8-1-2-10-13(5-8)21-19-14(10)12-6-11-9(7-18-12)3-4-17-11/h1-7,17H,(H2,16,20). The number of hydrogen-bond donors (Lipinski definition) is 2. The fourth-order valence-corrected chi connectivity index (χ4v) is 2.35. The fourth-order valence-electron chi connectivity index (χ4n) is 2.35. The van der Waals surface area contributed by atoms with Gasteiger partial charge in [-0.3, -0.25) is 9.78 Å². The first-order chi connectivity index (χ1) is 10.2. The Hall–Kier alpha value is -3.15. The summed E-state index contributed by atoms with van der Waals surface area (Å²) in [7, 11) is 0. The summed E-state index contributed by atoms with van der Waals surface area (Å²) in [5, 5.41) is 5.87. The van der Waals surface area contributed by atoms with Gasteiger partial charge in [-0.15, -0.1) is 0 Å². The van der Waals surface area contributed by atoms with Crippen molar-refractivity contribution in [2.45, 2.75) is 0 Å². The number of carbonyl (C=O) groups is 1. The van der Waals surface area contributed by atoms with Crippen LogP contribution in [0.25, 0.3) is 33.3 Å². The minimum Gasteiger partial charge on any atom is -0.366 e. The van der Waals surface area contributed by atoms with Gasteiger partial charge in [0.05, 0.1) is 11.1 Å². The lowest BCUT2D eigenvalue weighted by Crippen LogP contribution is -2.10. The predicted molar refractivity (Wildman–Crippen MR) is 77.6 cm³/mol. The quantitative estimate of drug-likeness (QED) is 0.588. The van der Waals surface area contributed by atoms with E-state index in [1.165, 1.54) is 0 Å². The summed E-state index contributed by atoms with van der Waals surface area (Å²) in [6.07, 6.45) is 3.63. The van der Waals surface area contributed by atoms with Crippen molar-refractivity contribution in [3.63, 3.8) is 0 Å². The molecule has 3 aromatic heterocycles. The van der Waals surface area contributed by atoms with Crippen LogP contribution in [0.1, 0.15) is 10.4 Å². The number of fused-ring (bicyclic) bond motifs is 2. The van der Waals surface area contributed by atoms with E-state index in [2.05, 4.69) is 15.1 Å². The summed E-state index contributed by atoms with van der Waals surface area (Å²) >= 11 is 0. The lowest BCUT2D eigenvalue weighted by molar-refractivity contribution is 0.100. The first-order valence-corrected chi connectivity index (χ1v) is 6.35. The van der Waals surface area contributed by atoms with Crippen molar-refractivity contribution in [1.82, 2.24) is 15.1 Å². The number of nitrogens with zero attached hydrogens (tertiary/aromatic N) is 2. The van der Waals surface area contributed by atoms with Gasteiger partial charge in [-0.05, 0) is 30.3 Å². The van der Waals surface area contributed by atoms with Crippen LogP contribution in [0.5, 0.6) is 0 Å². The SMILES string of the molecule is NC(=O)c1ccc2c(-c3cc4[nH]ccc4cn3)noc2c1. The fraction of sp³-hybridized carbons (Fsp3) is 0. The maximum atomic E-state index is 11.2. The smallest absolute Gasteiger partial charge is 0.248 e. The van der Waals surface area contributed by atoms with Gasteiger partial charge in [-0.2, -0.15) is 0 Å². The van der Waals surface area contributed by atoms with E-state index in [1.807, 2.05) is 18.3 Å². The first-order valence-electron chi connectivity index (χ1n) is 6.35. The molecule has 0 aliphatic rings. The molecule has 6 nitrogen and oxygen atoms in total. The Bertz CT molecular complexity index is 984. The molecule has 0 atom stereocenters. The molecule has 0 bridgehead atoms. The summed E-state index contributed by atoms with van der Waals surface area (Å²) in [5.41, 5.74) is 8.47. The monoisotopic (exact) mass is 278 g/mol. The van der Waals surface area contributed by atoms with Crippen LogP contribution < -0.4 is 5.73 Å². The second-order valence-electron chi connectivity index (χ2n) is 4.74. The van der Waals surface area contributed by atoms with Crippen molar-refractivity contribution < 1.29 is 9.32 Å². The van der Waals surface area contributed by atoms with Gasteiger partial charge >= 0.3 is 0 Å². The highest BCUT2D eigenvalue weighted by molar-refractivity contribution is 5.99. The molecule has 0 spiro atoms. The van der Waals surface area contributed by atoms with E-state index in [0.717, 1.165) is 16.3 Å². The molecule has 21 heavy (non-hydrogen) atoms. The molecule has 0 fully saturated rings. The number of nitrogens with two attached hydrogens (primary N) is 1.